The van der Waals surface area contributed by atoms with E-state index in [2.05, 4.69) is 0 Å². The summed E-state index contributed by atoms with van der Waals surface area (Å²) in [6.07, 6.45) is -2.33. The minimum atomic E-state index is -3.11. The molecule has 6 nitrogen and oxygen atoms in total. The molecule has 0 atom stereocenters. The van der Waals surface area contributed by atoms with Crippen LogP contribution in [0.2, 0.25) is 0 Å². The lowest BCUT2D eigenvalue weighted by molar-refractivity contribution is -0.415. The van der Waals surface area contributed by atoms with Crippen LogP contribution in [0.3, 0.4) is 0 Å². The highest BCUT2D eigenvalue weighted by Gasteiger charge is 1.26. The number of hydrogen-bond donors (Lipinski definition) is 0. The van der Waals surface area contributed by atoms with Gasteiger partial charge in [0.2, 0.25) is 0 Å². The Morgan fingerprint density at radius 3 is 1.25 bits per heavy atom. The summed E-state index contributed by atoms with van der Waals surface area (Å²) < 4.78 is 25.3. The Morgan fingerprint density at radius 1 is 1.25 bits per heavy atom. The maximum absolute atomic E-state index is 8.44. The van der Waals surface area contributed by atoms with Gasteiger partial charge >= 0.3 is 0 Å². The first kappa shape index (κ1) is 10.3. The van der Waals surface area contributed by atoms with E-state index in [0.717, 1.165) is 0 Å². The number of carbonyl (C=O) groups excluding carboxylic acids is 1. The number of carbonyl (C=O) groups is 1. The van der Waals surface area contributed by atoms with E-state index in [1.165, 1.54) is 0 Å². The van der Waals surface area contributed by atoms with Crippen LogP contribution in [0.5, 0.6) is 0 Å². The maximum atomic E-state index is 8.44. The molecule has 0 fully saturated rings. The maximum Gasteiger partial charge on any atom is -0.0431 e. The van der Waals surface area contributed by atoms with Crippen LogP contribution >= 0.6 is 0 Å². The molecule has 7 heteroatoms. The highest BCUT2D eigenvalue weighted by molar-refractivity contribution is 7.72. The molecular weight excluding hydrogens is 140 g/mol. The van der Waals surface area contributed by atoms with Crippen LogP contribution in [0.4, 0.5) is 4.79 Å². The molecule has 0 rings (SSSR count). The highest BCUT2D eigenvalue weighted by Crippen LogP contribution is 1.42. The van der Waals surface area contributed by atoms with Gasteiger partial charge in [-0.2, -0.15) is 0 Å². The molecule has 0 saturated carbocycles. The summed E-state index contributed by atoms with van der Waals surface area (Å²) in [7, 11) is 0. The molecular formula is CO6S-4. The summed E-state index contributed by atoms with van der Waals surface area (Å²) in [6.45, 7) is 0. The molecule has 0 saturated heterocycles. The molecule has 0 bridgehead atoms. The lowest BCUT2D eigenvalue weighted by Gasteiger charge is -2.03. The quantitative estimate of drug-likeness (QED) is 0.322. The fraction of sp³-hybridized carbons (Fsp3) is 0. The predicted octanol–water partition coefficient (Wildman–Crippen LogP) is -3.45. The molecule has 0 radical (unpaired) electrons. The Kier molecular flexibility index (Phi) is 8.20. The second-order valence-corrected chi connectivity index (χ2v) is 0.862. The van der Waals surface area contributed by atoms with Crippen molar-refractivity contribution in [1.29, 1.82) is 0 Å². The first-order valence-electron chi connectivity index (χ1n) is 1.11. The first-order chi connectivity index (χ1) is 3.46. The van der Waals surface area contributed by atoms with E-state index in [1.54, 1.807) is 0 Å². The van der Waals surface area contributed by atoms with Crippen molar-refractivity contribution in [1.82, 2.24) is 0 Å². The fourth-order valence-electron chi connectivity index (χ4n) is 0. The van der Waals surface area contributed by atoms with Crippen LogP contribution in [0.1, 0.15) is 0 Å². The Balaban J connectivity index is 0. The molecule has 0 spiro atoms. The lowest BCUT2D eigenvalue weighted by Crippen LogP contribution is -2.37. The lowest BCUT2D eigenvalue weighted by atomic mass is 11.5. The first-order valence-corrected chi connectivity index (χ1v) is 2.11. The third-order valence-electron chi connectivity index (χ3n) is 0. The van der Waals surface area contributed by atoms with Gasteiger partial charge in [0.25, 0.3) is 0 Å². The smallest absolute Gasteiger partial charge is 0.0431 e. The van der Waals surface area contributed by atoms with E-state index >= 15 is 0 Å². The summed E-state index contributed by atoms with van der Waals surface area (Å²) in [5.41, 5.74) is 0. The van der Waals surface area contributed by atoms with E-state index in [4.69, 9.17) is 28.3 Å². The van der Waals surface area contributed by atoms with Crippen molar-refractivity contribution in [2.24, 2.45) is 0 Å². The summed E-state index contributed by atoms with van der Waals surface area (Å²) in [4.78, 5) is 8.33. The Bertz CT molecular complexity index is 66.5. The molecule has 0 amide bonds. The standard InChI is InChI=1S/CH2O3.H2O3S/c2-1(3)4;1-4(2)3/h(H2,2,3,4);(H2,1,2,3)/p-4. The van der Waals surface area contributed by atoms with E-state index < -0.39 is 17.5 Å². The van der Waals surface area contributed by atoms with E-state index in [9.17, 15) is 0 Å². The zero-order valence-corrected chi connectivity index (χ0v) is 4.17. The molecule has 0 aromatic carbocycles. The van der Waals surface area contributed by atoms with Gasteiger partial charge in [0.05, 0.1) is 0 Å². The van der Waals surface area contributed by atoms with Crippen LogP contribution < -0.4 is 10.2 Å². The molecule has 0 aromatic heterocycles. The molecule has 0 aliphatic carbocycles. The SMILES string of the molecule is O=C([O-])[O-].O=S([O-])[O-]. The van der Waals surface area contributed by atoms with Gasteiger partial charge in [0.15, 0.2) is 0 Å². The van der Waals surface area contributed by atoms with Crippen LogP contribution in [0.15, 0.2) is 0 Å². The number of hydrogen-bond acceptors (Lipinski definition) is 6. The van der Waals surface area contributed by atoms with Crippen molar-refractivity contribution < 1.29 is 28.3 Å². The van der Waals surface area contributed by atoms with Crippen LogP contribution in [-0.4, -0.2) is 19.5 Å². The average molecular weight is 140 g/mol. The van der Waals surface area contributed by atoms with Crippen LogP contribution in [0.25, 0.3) is 0 Å². The second-order valence-electron chi connectivity index (χ2n) is 0.454. The molecule has 0 heterocycles. The van der Waals surface area contributed by atoms with E-state index in [1.807, 2.05) is 0 Å². The molecule has 0 aliphatic heterocycles. The van der Waals surface area contributed by atoms with Crippen molar-refractivity contribution >= 4 is 17.5 Å². The minimum absolute atomic E-state index is 2.33. The summed E-state index contributed by atoms with van der Waals surface area (Å²) in [5.74, 6) is 0. The summed E-state index contributed by atoms with van der Waals surface area (Å²) in [5, 5.41) is 16.7. The van der Waals surface area contributed by atoms with Gasteiger partial charge in [-0.1, -0.05) is 0 Å². The van der Waals surface area contributed by atoms with Gasteiger partial charge in [0.1, 0.15) is 0 Å². The van der Waals surface area contributed by atoms with Crippen LogP contribution in [-0.2, 0) is 11.4 Å². The van der Waals surface area contributed by atoms with Crippen molar-refractivity contribution in [3.63, 3.8) is 0 Å². The monoisotopic (exact) mass is 140 g/mol. The van der Waals surface area contributed by atoms with Gasteiger partial charge in [-0.3, -0.25) is 4.21 Å². The molecule has 8 heavy (non-hydrogen) atoms. The minimum Gasteiger partial charge on any atom is -0.784 e. The third kappa shape index (κ3) is 231. The average Bonchev–Trinajstić information content (AvgIpc) is 1.25. The van der Waals surface area contributed by atoms with E-state index in [-0.39, 0.29) is 0 Å². The summed E-state index contributed by atoms with van der Waals surface area (Å²) in [6, 6.07) is 0. The van der Waals surface area contributed by atoms with Gasteiger partial charge in [0, 0.05) is 0 Å². The molecule has 50 valence electrons. The Hall–Kier alpha value is -0.660. The number of carboxylic acid groups (broad SMARTS) is 2. The third-order valence-corrected chi connectivity index (χ3v) is 0. The van der Waals surface area contributed by atoms with Crippen LogP contribution in [0, 0.1) is 0 Å². The second kappa shape index (κ2) is 6.34. The Morgan fingerprint density at radius 2 is 1.25 bits per heavy atom. The van der Waals surface area contributed by atoms with Crippen molar-refractivity contribution in [2.45, 2.75) is 0 Å². The molecule has 0 aromatic rings. The van der Waals surface area contributed by atoms with Gasteiger partial charge in [-0.15, -0.1) is 11.4 Å². The molecule has 0 N–H and O–H groups in total. The van der Waals surface area contributed by atoms with Gasteiger partial charge in [-0.05, 0) is 6.16 Å². The zero-order valence-electron chi connectivity index (χ0n) is 3.36. The number of rotatable bonds is 0. The Labute approximate surface area is 46.9 Å². The molecule has 0 aliphatic rings. The molecule has 0 unspecified atom stereocenters. The van der Waals surface area contributed by atoms with Crippen molar-refractivity contribution in [3.8, 4) is 0 Å². The largest absolute Gasteiger partial charge is 0.784 e. The summed E-state index contributed by atoms with van der Waals surface area (Å²) >= 11 is -3.11. The predicted molar refractivity (Wildman–Crippen MR) is 15.1 cm³/mol. The fourth-order valence-corrected chi connectivity index (χ4v) is 0. The zero-order chi connectivity index (χ0) is 7.15. The van der Waals surface area contributed by atoms with E-state index in [0.29, 0.717) is 0 Å². The van der Waals surface area contributed by atoms with Crippen molar-refractivity contribution in [3.05, 3.63) is 0 Å². The van der Waals surface area contributed by atoms with Gasteiger partial charge < -0.3 is 24.1 Å². The highest BCUT2D eigenvalue weighted by atomic mass is 32.2. The van der Waals surface area contributed by atoms with Crippen molar-refractivity contribution in [2.75, 3.05) is 0 Å². The van der Waals surface area contributed by atoms with Gasteiger partial charge in [-0.25, -0.2) is 0 Å². The topological polar surface area (TPSA) is 126 Å². The normalized spacial score (nSPS) is 7.38.